The Morgan fingerprint density at radius 2 is 1.50 bits per heavy atom. The van der Waals surface area contributed by atoms with Crippen molar-refractivity contribution in [1.82, 2.24) is 0 Å². The molecule has 0 saturated heterocycles. The van der Waals surface area contributed by atoms with Crippen molar-refractivity contribution in [2.75, 3.05) is 13.2 Å². The Bertz CT molecular complexity index is 745. The van der Waals surface area contributed by atoms with Gasteiger partial charge in [-0.1, -0.05) is 55.1 Å². The van der Waals surface area contributed by atoms with Crippen LogP contribution in [0, 0.1) is 0 Å². The van der Waals surface area contributed by atoms with Crippen molar-refractivity contribution in [3.8, 4) is 0 Å². The van der Waals surface area contributed by atoms with Crippen molar-refractivity contribution in [3.05, 3.63) is 83.9 Å². The predicted molar refractivity (Wildman–Crippen MR) is 102 cm³/mol. The molecule has 26 heavy (non-hydrogen) atoms. The van der Waals surface area contributed by atoms with Gasteiger partial charge in [0.05, 0.1) is 18.8 Å². The summed E-state index contributed by atoms with van der Waals surface area (Å²) in [5, 5.41) is 0. The Hall–Kier alpha value is -3.14. The smallest absolute Gasteiger partial charge is 0.338 e. The predicted octanol–water partition coefficient (Wildman–Crippen LogP) is 4.52. The van der Waals surface area contributed by atoms with E-state index in [0.29, 0.717) is 31.6 Å². The van der Waals surface area contributed by atoms with E-state index in [4.69, 9.17) is 9.47 Å². The molecule has 4 nitrogen and oxygen atoms in total. The maximum atomic E-state index is 11.9. The Balaban J connectivity index is 1.58. The molecule has 0 amide bonds. The van der Waals surface area contributed by atoms with Gasteiger partial charge < -0.3 is 9.47 Å². The second-order valence-electron chi connectivity index (χ2n) is 5.58. The van der Waals surface area contributed by atoms with Gasteiger partial charge in [0.2, 0.25) is 0 Å². The topological polar surface area (TPSA) is 52.6 Å². The molecule has 4 heteroatoms. The zero-order chi connectivity index (χ0) is 18.6. The van der Waals surface area contributed by atoms with Crippen LogP contribution in [0.3, 0.4) is 0 Å². The summed E-state index contributed by atoms with van der Waals surface area (Å²) < 4.78 is 10.3. The lowest BCUT2D eigenvalue weighted by Gasteiger charge is -2.05. The molecule has 0 N–H and O–H groups in total. The maximum Gasteiger partial charge on any atom is 0.338 e. The van der Waals surface area contributed by atoms with Crippen molar-refractivity contribution >= 4 is 24.1 Å². The molecular weight excluding hydrogens is 328 g/mol. The molecule has 134 valence electrons. The number of unbranched alkanes of at least 4 members (excludes halogenated alkanes) is 1. The Morgan fingerprint density at radius 1 is 0.846 bits per heavy atom. The van der Waals surface area contributed by atoms with Crippen molar-refractivity contribution in [1.29, 1.82) is 0 Å². The van der Waals surface area contributed by atoms with Gasteiger partial charge in [0.1, 0.15) is 0 Å². The largest absolute Gasteiger partial charge is 0.463 e. The van der Waals surface area contributed by atoms with Gasteiger partial charge in [-0.3, -0.25) is 0 Å². The zero-order valence-corrected chi connectivity index (χ0v) is 14.6. The molecule has 2 aromatic rings. The third kappa shape index (κ3) is 6.77. The van der Waals surface area contributed by atoms with Crippen LogP contribution >= 0.6 is 0 Å². The van der Waals surface area contributed by atoms with Crippen molar-refractivity contribution < 1.29 is 19.1 Å². The molecular formula is C22H22O4. The minimum absolute atomic E-state index is 0.291. The molecule has 0 unspecified atom stereocenters. The molecule has 0 aliphatic heterocycles. The van der Waals surface area contributed by atoms with Crippen molar-refractivity contribution in [2.45, 2.75) is 12.8 Å². The van der Waals surface area contributed by atoms with E-state index in [9.17, 15) is 9.59 Å². The van der Waals surface area contributed by atoms with E-state index >= 15 is 0 Å². The monoisotopic (exact) mass is 350 g/mol. The average Bonchev–Trinajstić information content (AvgIpc) is 2.69. The summed E-state index contributed by atoms with van der Waals surface area (Å²) in [6, 6.07) is 16.6. The van der Waals surface area contributed by atoms with E-state index in [2.05, 4.69) is 6.58 Å². The summed E-state index contributed by atoms with van der Waals surface area (Å²) in [7, 11) is 0. The Labute approximate surface area is 153 Å². The highest BCUT2D eigenvalue weighted by Crippen LogP contribution is 2.07. The second kappa shape index (κ2) is 10.7. The molecule has 0 saturated carbocycles. The normalized spacial score (nSPS) is 10.5. The lowest BCUT2D eigenvalue weighted by atomic mass is 10.1. The van der Waals surface area contributed by atoms with Gasteiger partial charge in [-0.2, -0.15) is 0 Å². The lowest BCUT2D eigenvalue weighted by molar-refractivity contribution is -0.137. The van der Waals surface area contributed by atoms with Gasteiger partial charge in [0, 0.05) is 6.08 Å². The van der Waals surface area contributed by atoms with Crippen LogP contribution in [0.1, 0.15) is 34.3 Å². The third-order valence-electron chi connectivity index (χ3n) is 3.61. The van der Waals surface area contributed by atoms with Gasteiger partial charge in [-0.25, -0.2) is 9.59 Å². The van der Waals surface area contributed by atoms with Gasteiger partial charge in [-0.05, 0) is 42.2 Å². The first-order valence-electron chi connectivity index (χ1n) is 8.48. The van der Waals surface area contributed by atoms with Crippen LogP contribution < -0.4 is 0 Å². The molecule has 0 aliphatic carbocycles. The van der Waals surface area contributed by atoms with Gasteiger partial charge in [0.25, 0.3) is 0 Å². The van der Waals surface area contributed by atoms with E-state index in [0.717, 1.165) is 11.1 Å². The van der Waals surface area contributed by atoms with Crippen LogP contribution in [0.25, 0.3) is 12.2 Å². The standard InChI is InChI=1S/C22H22O4/c1-2-18-10-13-20(14-11-18)22(24)26-17-7-6-16-25-21(23)15-12-19-8-4-3-5-9-19/h2-5,8-15H,1,6-7,16-17H2/b15-12+. The SMILES string of the molecule is C=Cc1ccc(C(=O)OCCCCOC(=O)/C=C/c2ccccc2)cc1. The number of benzene rings is 2. The summed E-state index contributed by atoms with van der Waals surface area (Å²) in [6.45, 7) is 4.25. The van der Waals surface area contributed by atoms with Crippen molar-refractivity contribution in [2.24, 2.45) is 0 Å². The molecule has 0 fully saturated rings. The highest BCUT2D eigenvalue weighted by molar-refractivity contribution is 5.89. The molecule has 0 radical (unpaired) electrons. The minimum Gasteiger partial charge on any atom is -0.463 e. The van der Waals surface area contributed by atoms with Crippen molar-refractivity contribution in [3.63, 3.8) is 0 Å². The van der Waals surface area contributed by atoms with E-state index < -0.39 is 0 Å². The highest BCUT2D eigenvalue weighted by atomic mass is 16.5. The van der Waals surface area contributed by atoms with Crippen LogP contribution in [0.2, 0.25) is 0 Å². The van der Waals surface area contributed by atoms with Gasteiger partial charge in [-0.15, -0.1) is 0 Å². The first-order valence-corrected chi connectivity index (χ1v) is 8.48. The first kappa shape index (κ1) is 19.2. The van der Waals surface area contributed by atoms with E-state index in [1.54, 1.807) is 24.3 Å². The van der Waals surface area contributed by atoms with Crippen LogP contribution in [-0.4, -0.2) is 25.2 Å². The zero-order valence-electron chi connectivity index (χ0n) is 14.6. The fourth-order valence-electron chi connectivity index (χ4n) is 2.16. The average molecular weight is 350 g/mol. The molecule has 0 aliphatic rings. The molecule has 0 spiro atoms. The number of ether oxygens (including phenoxy) is 2. The fraction of sp³-hybridized carbons (Fsp3) is 0.182. The molecule has 0 bridgehead atoms. The minimum atomic E-state index is -0.381. The van der Waals surface area contributed by atoms with Crippen LogP contribution in [0.5, 0.6) is 0 Å². The number of carbonyl (C=O) groups is 2. The molecule has 0 heterocycles. The lowest BCUT2D eigenvalue weighted by Crippen LogP contribution is -2.08. The molecule has 2 rings (SSSR count). The number of hydrogen-bond acceptors (Lipinski definition) is 4. The molecule has 0 aromatic heterocycles. The summed E-state index contributed by atoms with van der Waals surface area (Å²) in [5.74, 6) is -0.739. The summed E-state index contributed by atoms with van der Waals surface area (Å²) in [5.41, 5.74) is 2.40. The number of hydrogen-bond donors (Lipinski definition) is 0. The fourth-order valence-corrected chi connectivity index (χ4v) is 2.16. The first-order chi connectivity index (χ1) is 12.7. The summed E-state index contributed by atoms with van der Waals surface area (Å²) >= 11 is 0. The van der Waals surface area contributed by atoms with Gasteiger partial charge >= 0.3 is 11.9 Å². The number of rotatable bonds is 9. The maximum absolute atomic E-state index is 11.9. The number of esters is 2. The second-order valence-corrected chi connectivity index (χ2v) is 5.58. The van der Waals surface area contributed by atoms with Crippen LogP contribution in [0.15, 0.2) is 67.3 Å². The van der Waals surface area contributed by atoms with Crippen LogP contribution in [-0.2, 0) is 14.3 Å². The summed E-state index contributed by atoms with van der Waals surface area (Å²) in [6.07, 6.45) is 6.09. The van der Waals surface area contributed by atoms with Crippen LogP contribution in [0.4, 0.5) is 0 Å². The van der Waals surface area contributed by atoms with E-state index in [1.807, 2.05) is 42.5 Å². The van der Waals surface area contributed by atoms with E-state index in [1.165, 1.54) is 6.08 Å². The molecule has 0 atom stereocenters. The Kier molecular flexibility index (Phi) is 7.87. The van der Waals surface area contributed by atoms with E-state index in [-0.39, 0.29) is 11.9 Å². The Morgan fingerprint density at radius 3 is 2.15 bits per heavy atom. The molecule has 2 aromatic carbocycles. The highest BCUT2D eigenvalue weighted by Gasteiger charge is 2.06. The van der Waals surface area contributed by atoms with Gasteiger partial charge in [0.15, 0.2) is 0 Å². The quantitative estimate of drug-likeness (QED) is 0.379. The third-order valence-corrected chi connectivity index (χ3v) is 3.61. The number of carbonyl (C=O) groups excluding carboxylic acids is 2. The summed E-state index contributed by atoms with van der Waals surface area (Å²) in [4.78, 5) is 23.5.